The number of hydrogen-bond donors (Lipinski definition) is 1. The fourth-order valence-electron chi connectivity index (χ4n) is 2.75. The SMILES string of the molecule is O=[SH](=O)CCCc1ccc(Cc2nccc3ccccc23)cc1. The molecule has 0 aliphatic rings. The zero-order valence-corrected chi connectivity index (χ0v) is 13.7. The monoisotopic (exact) mass is 325 g/mol. The van der Waals surface area contributed by atoms with Crippen LogP contribution in [-0.4, -0.2) is 19.2 Å². The second-order valence-electron chi connectivity index (χ2n) is 5.63. The quantitative estimate of drug-likeness (QED) is 0.707. The number of rotatable bonds is 6. The molecule has 0 unspecified atom stereocenters. The molecule has 4 heteroatoms. The van der Waals surface area contributed by atoms with Crippen molar-refractivity contribution in [1.29, 1.82) is 0 Å². The topological polar surface area (TPSA) is 47.0 Å². The first-order chi connectivity index (χ1) is 11.2. The maximum atomic E-state index is 10.6. The predicted octanol–water partition coefficient (Wildman–Crippen LogP) is 3.37. The number of thiol groups is 1. The van der Waals surface area contributed by atoms with Crippen LogP contribution in [-0.2, 0) is 23.5 Å². The number of aryl methyl sites for hydroxylation is 1. The molecule has 0 spiro atoms. The normalized spacial score (nSPS) is 11.2. The van der Waals surface area contributed by atoms with E-state index < -0.39 is 10.7 Å². The van der Waals surface area contributed by atoms with Gasteiger partial charge in [-0.1, -0.05) is 48.5 Å². The van der Waals surface area contributed by atoms with Gasteiger partial charge in [0.1, 0.15) is 10.7 Å². The Hall–Kier alpha value is -2.20. The summed E-state index contributed by atoms with van der Waals surface area (Å²) < 4.78 is 21.2. The van der Waals surface area contributed by atoms with Crippen LogP contribution in [0.5, 0.6) is 0 Å². The lowest BCUT2D eigenvalue weighted by atomic mass is 10.0. The Labute approximate surface area is 138 Å². The van der Waals surface area contributed by atoms with Gasteiger partial charge in [-0.25, -0.2) is 8.42 Å². The van der Waals surface area contributed by atoms with Crippen molar-refractivity contribution in [1.82, 2.24) is 4.98 Å². The molecule has 0 bridgehead atoms. The second-order valence-corrected chi connectivity index (χ2v) is 6.74. The summed E-state index contributed by atoms with van der Waals surface area (Å²) in [5.41, 5.74) is 3.48. The Morgan fingerprint density at radius 3 is 2.39 bits per heavy atom. The number of aromatic nitrogens is 1. The summed E-state index contributed by atoms with van der Waals surface area (Å²) in [7, 11) is -2.26. The molecule has 1 aromatic heterocycles. The van der Waals surface area contributed by atoms with Crippen molar-refractivity contribution in [3.8, 4) is 0 Å². The fraction of sp³-hybridized carbons (Fsp3) is 0.211. The molecular weight excluding hydrogens is 306 g/mol. The Morgan fingerprint density at radius 2 is 1.61 bits per heavy atom. The van der Waals surface area contributed by atoms with Crippen molar-refractivity contribution in [2.45, 2.75) is 19.3 Å². The van der Waals surface area contributed by atoms with E-state index in [-0.39, 0.29) is 5.75 Å². The lowest BCUT2D eigenvalue weighted by Gasteiger charge is -2.07. The smallest absolute Gasteiger partial charge is 0.140 e. The average Bonchev–Trinajstić information content (AvgIpc) is 2.56. The first-order valence-corrected chi connectivity index (χ1v) is 9.11. The summed E-state index contributed by atoms with van der Waals surface area (Å²) in [6.07, 6.45) is 4.14. The zero-order chi connectivity index (χ0) is 16.1. The van der Waals surface area contributed by atoms with Crippen molar-refractivity contribution in [3.05, 3.63) is 77.6 Å². The largest absolute Gasteiger partial charge is 0.260 e. The summed E-state index contributed by atoms with van der Waals surface area (Å²) in [6.45, 7) is 0. The number of nitrogens with zero attached hydrogens (tertiary/aromatic N) is 1. The van der Waals surface area contributed by atoms with Crippen LogP contribution < -0.4 is 0 Å². The van der Waals surface area contributed by atoms with Gasteiger partial charge in [-0.05, 0) is 35.4 Å². The molecule has 23 heavy (non-hydrogen) atoms. The summed E-state index contributed by atoms with van der Waals surface area (Å²) in [5, 5.41) is 2.40. The molecule has 0 amide bonds. The van der Waals surface area contributed by atoms with Gasteiger partial charge in [-0.15, -0.1) is 0 Å². The van der Waals surface area contributed by atoms with Crippen molar-refractivity contribution < 1.29 is 8.42 Å². The third-order valence-corrected chi connectivity index (χ3v) is 4.64. The zero-order valence-electron chi connectivity index (χ0n) is 12.8. The van der Waals surface area contributed by atoms with E-state index in [1.165, 1.54) is 21.9 Å². The van der Waals surface area contributed by atoms with E-state index in [4.69, 9.17) is 0 Å². The van der Waals surface area contributed by atoms with E-state index in [9.17, 15) is 8.42 Å². The van der Waals surface area contributed by atoms with Crippen molar-refractivity contribution in [3.63, 3.8) is 0 Å². The number of pyridine rings is 1. The van der Waals surface area contributed by atoms with Gasteiger partial charge in [0, 0.05) is 23.8 Å². The van der Waals surface area contributed by atoms with Crippen LogP contribution in [0.3, 0.4) is 0 Å². The first-order valence-electron chi connectivity index (χ1n) is 7.74. The van der Waals surface area contributed by atoms with Crippen molar-refractivity contribution >= 4 is 21.5 Å². The minimum Gasteiger partial charge on any atom is -0.260 e. The van der Waals surface area contributed by atoms with Crippen LogP contribution in [0, 0.1) is 0 Å². The van der Waals surface area contributed by atoms with Crippen LogP contribution in [0.25, 0.3) is 10.8 Å². The average molecular weight is 325 g/mol. The lowest BCUT2D eigenvalue weighted by molar-refractivity contribution is 0.612. The minimum absolute atomic E-state index is 0.261. The van der Waals surface area contributed by atoms with Gasteiger partial charge in [0.05, 0.1) is 5.69 Å². The van der Waals surface area contributed by atoms with Gasteiger partial charge in [0.25, 0.3) is 0 Å². The van der Waals surface area contributed by atoms with Gasteiger partial charge in [0.2, 0.25) is 0 Å². The highest BCUT2D eigenvalue weighted by Gasteiger charge is 2.03. The molecule has 0 saturated heterocycles. The molecule has 3 nitrogen and oxygen atoms in total. The van der Waals surface area contributed by atoms with Gasteiger partial charge in [-0.3, -0.25) is 4.98 Å². The highest BCUT2D eigenvalue weighted by molar-refractivity contribution is 7.72. The summed E-state index contributed by atoms with van der Waals surface area (Å²) >= 11 is 0. The Balaban J connectivity index is 1.72. The molecule has 1 heterocycles. The third-order valence-electron chi connectivity index (χ3n) is 3.96. The summed E-state index contributed by atoms with van der Waals surface area (Å²) in [6, 6.07) is 18.7. The van der Waals surface area contributed by atoms with Crippen LogP contribution in [0.15, 0.2) is 60.8 Å². The van der Waals surface area contributed by atoms with Crippen molar-refractivity contribution in [2.24, 2.45) is 0 Å². The molecule has 0 radical (unpaired) electrons. The minimum atomic E-state index is -2.26. The number of benzene rings is 2. The van der Waals surface area contributed by atoms with Gasteiger partial charge >= 0.3 is 0 Å². The fourth-order valence-corrected chi connectivity index (χ4v) is 3.17. The maximum absolute atomic E-state index is 10.6. The predicted molar refractivity (Wildman–Crippen MR) is 94.5 cm³/mol. The second kappa shape index (κ2) is 7.38. The van der Waals surface area contributed by atoms with E-state index >= 15 is 0 Å². The molecule has 2 aromatic carbocycles. The highest BCUT2D eigenvalue weighted by Crippen LogP contribution is 2.19. The van der Waals surface area contributed by atoms with Crippen LogP contribution >= 0.6 is 0 Å². The molecule has 3 rings (SSSR count). The van der Waals surface area contributed by atoms with Gasteiger partial charge in [0.15, 0.2) is 0 Å². The Kier molecular flexibility index (Phi) is 5.03. The Morgan fingerprint density at radius 1 is 0.870 bits per heavy atom. The summed E-state index contributed by atoms with van der Waals surface area (Å²) in [5.74, 6) is 0.261. The molecule has 3 aromatic rings. The molecule has 118 valence electrons. The van der Waals surface area contributed by atoms with Crippen LogP contribution in [0.4, 0.5) is 0 Å². The van der Waals surface area contributed by atoms with E-state index in [2.05, 4.69) is 41.4 Å². The van der Waals surface area contributed by atoms with Crippen LogP contribution in [0.1, 0.15) is 23.2 Å². The molecule has 0 atom stereocenters. The lowest BCUT2D eigenvalue weighted by Crippen LogP contribution is -1.95. The number of fused-ring (bicyclic) bond motifs is 1. The molecule has 0 fully saturated rings. The van der Waals surface area contributed by atoms with Crippen molar-refractivity contribution in [2.75, 3.05) is 5.75 Å². The molecule has 0 N–H and O–H groups in total. The number of hydrogen-bond acceptors (Lipinski definition) is 3. The standard InChI is InChI=1S/C19H19NO2S/c21-23(22)13-3-4-15-7-9-16(10-8-15)14-19-18-6-2-1-5-17(18)11-12-20-19/h1-2,5-12,23H,3-4,13-14H2. The van der Waals surface area contributed by atoms with E-state index in [0.717, 1.165) is 18.5 Å². The summed E-state index contributed by atoms with van der Waals surface area (Å²) in [4.78, 5) is 4.53. The first kappa shape index (κ1) is 15.7. The molecule has 0 aliphatic heterocycles. The van der Waals surface area contributed by atoms with E-state index in [1.807, 2.05) is 24.4 Å². The molecular formula is C19H19NO2S. The van der Waals surface area contributed by atoms with E-state index in [1.54, 1.807) is 0 Å². The Bertz CT molecular complexity index is 857. The maximum Gasteiger partial charge on any atom is 0.140 e. The highest BCUT2D eigenvalue weighted by atomic mass is 32.2. The third kappa shape index (κ3) is 4.17. The van der Waals surface area contributed by atoms with Crippen LogP contribution in [0.2, 0.25) is 0 Å². The molecule has 0 aliphatic carbocycles. The molecule has 0 saturated carbocycles. The van der Waals surface area contributed by atoms with Gasteiger partial charge < -0.3 is 0 Å². The van der Waals surface area contributed by atoms with E-state index in [0.29, 0.717) is 6.42 Å². The van der Waals surface area contributed by atoms with Gasteiger partial charge in [-0.2, -0.15) is 0 Å².